The summed E-state index contributed by atoms with van der Waals surface area (Å²) in [5, 5.41) is 4.03. The summed E-state index contributed by atoms with van der Waals surface area (Å²) in [5.74, 6) is 1.19. The predicted octanol–water partition coefficient (Wildman–Crippen LogP) is 3.32. The first kappa shape index (κ1) is 14.7. The van der Waals surface area contributed by atoms with Crippen molar-refractivity contribution in [3.63, 3.8) is 0 Å². The number of nitrogens with zero attached hydrogens (tertiary/aromatic N) is 2. The van der Waals surface area contributed by atoms with Crippen LogP contribution in [0.2, 0.25) is 0 Å². The van der Waals surface area contributed by atoms with Crippen LogP contribution in [0.4, 0.5) is 0 Å². The predicted molar refractivity (Wildman–Crippen MR) is 79.4 cm³/mol. The topological polar surface area (TPSA) is 64.9 Å². The molecule has 0 radical (unpaired) electrons. The molecule has 4 nitrogen and oxygen atoms in total. The van der Waals surface area contributed by atoms with E-state index in [1.165, 1.54) is 16.7 Å². The zero-order chi connectivity index (χ0) is 14.9. The van der Waals surface area contributed by atoms with Crippen molar-refractivity contribution in [2.75, 3.05) is 0 Å². The molecule has 20 heavy (non-hydrogen) atoms. The van der Waals surface area contributed by atoms with Gasteiger partial charge >= 0.3 is 0 Å². The fraction of sp³-hybridized carbons (Fsp3) is 0.500. The van der Waals surface area contributed by atoms with Gasteiger partial charge in [0.05, 0.1) is 6.04 Å². The molecule has 2 rings (SSSR count). The molecule has 108 valence electrons. The van der Waals surface area contributed by atoms with Gasteiger partial charge in [-0.2, -0.15) is 4.98 Å². The smallest absolute Gasteiger partial charge is 0.244 e. The molecule has 1 aromatic carbocycles. The Kier molecular flexibility index (Phi) is 3.95. The van der Waals surface area contributed by atoms with E-state index in [2.05, 4.69) is 63.0 Å². The van der Waals surface area contributed by atoms with Gasteiger partial charge in [-0.25, -0.2) is 0 Å². The van der Waals surface area contributed by atoms with Crippen molar-refractivity contribution < 1.29 is 4.52 Å². The lowest BCUT2D eigenvalue weighted by Gasteiger charge is -2.23. The van der Waals surface area contributed by atoms with E-state index in [1.807, 2.05) is 0 Å². The third-order valence-corrected chi connectivity index (χ3v) is 3.62. The molecule has 1 aromatic heterocycles. The Morgan fingerprint density at radius 1 is 1.20 bits per heavy atom. The maximum absolute atomic E-state index is 6.13. The fourth-order valence-electron chi connectivity index (χ4n) is 1.93. The first-order valence-corrected chi connectivity index (χ1v) is 6.91. The second kappa shape index (κ2) is 5.37. The molecule has 2 N–H and O–H groups in total. The lowest BCUT2D eigenvalue weighted by molar-refractivity contribution is 0.252. The second-order valence-corrected chi connectivity index (χ2v) is 6.49. The van der Waals surface area contributed by atoms with Crippen LogP contribution in [0.1, 0.15) is 55.2 Å². The molecule has 0 amide bonds. The lowest BCUT2D eigenvalue weighted by atomic mass is 9.87. The first-order valence-electron chi connectivity index (χ1n) is 6.91. The number of aromatic nitrogens is 2. The van der Waals surface area contributed by atoms with Crippen LogP contribution >= 0.6 is 0 Å². The van der Waals surface area contributed by atoms with Gasteiger partial charge in [-0.05, 0) is 36.0 Å². The first-order chi connectivity index (χ1) is 9.27. The Bertz CT molecular complexity index is 596. The second-order valence-electron chi connectivity index (χ2n) is 6.49. The molecule has 0 aliphatic heterocycles. The van der Waals surface area contributed by atoms with Gasteiger partial charge < -0.3 is 10.3 Å². The number of hydrogen-bond donors (Lipinski definition) is 1. The Morgan fingerprint density at radius 2 is 1.90 bits per heavy atom. The molecular formula is C16H23N3O. The Balaban J connectivity index is 2.15. The average molecular weight is 273 g/mol. The summed E-state index contributed by atoms with van der Waals surface area (Å²) in [6.07, 6.45) is 0.668. The lowest BCUT2D eigenvalue weighted by Crippen LogP contribution is -2.26. The van der Waals surface area contributed by atoms with Gasteiger partial charge in [0, 0.05) is 6.42 Å². The van der Waals surface area contributed by atoms with E-state index in [0.717, 1.165) is 0 Å². The highest BCUT2D eigenvalue weighted by atomic mass is 16.5. The summed E-state index contributed by atoms with van der Waals surface area (Å²) in [7, 11) is 0. The molecule has 0 bridgehead atoms. The van der Waals surface area contributed by atoms with Crippen LogP contribution in [-0.4, -0.2) is 10.1 Å². The number of rotatable bonds is 3. The molecule has 0 unspecified atom stereocenters. The maximum Gasteiger partial charge on any atom is 0.244 e. The summed E-state index contributed by atoms with van der Waals surface area (Å²) in [4.78, 5) is 4.42. The molecule has 0 saturated heterocycles. The quantitative estimate of drug-likeness (QED) is 0.931. The number of nitrogens with two attached hydrogens (primary N) is 1. The van der Waals surface area contributed by atoms with Crippen molar-refractivity contribution in [2.45, 2.75) is 47.1 Å². The highest BCUT2D eigenvalue weighted by Gasteiger charge is 2.27. The van der Waals surface area contributed by atoms with Gasteiger partial charge in [-0.1, -0.05) is 44.1 Å². The molecule has 0 aliphatic carbocycles. The summed E-state index contributed by atoms with van der Waals surface area (Å²) >= 11 is 0. The zero-order valence-electron chi connectivity index (χ0n) is 12.9. The standard InChI is InChI=1S/C16H23N3O/c1-10-6-7-12(8-11(10)2)9-13-18-15(20-19-13)14(17)16(3,4)5/h6-8,14H,9,17H2,1-5H3/t14-/m1/s1. The van der Waals surface area contributed by atoms with Crippen LogP contribution in [-0.2, 0) is 6.42 Å². The molecule has 0 aliphatic rings. The van der Waals surface area contributed by atoms with E-state index in [0.29, 0.717) is 18.1 Å². The number of hydrogen-bond acceptors (Lipinski definition) is 4. The minimum atomic E-state index is -0.247. The van der Waals surface area contributed by atoms with Crippen molar-refractivity contribution in [2.24, 2.45) is 11.1 Å². The number of aryl methyl sites for hydroxylation is 2. The van der Waals surface area contributed by atoms with Crippen LogP contribution in [0, 0.1) is 19.3 Å². The zero-order valence-corrected chi connectivity index (χ0v) is 12.9. The molecule has 1 heterocycles. The molecule has 0 saturated carbocycles. The van der Waals surface area contributed by atoms with E-state index in [1.54, 1.807) is 0 Å². The molecule has 0 fully saturated rings. The number of benzene rings is 1. The third kappa shape index (κ3) is 3.25. The van der Waals surface area contributed by atoms with Crippen molar-refractivity contribution >= 4 is 0 Å². The molecule has 1 atom stereocenters. The van der Waals surface area contributed by atoms with Crippen LogP contribution in [0.15, 0.2) is 22.7 Å². The van der Waals surface area contributed by atoms with E-state index in [9.17, 15) is 0 Å². The van der Waals surface area contributed by atoms with Gasteiger partial charge in [0.25, 0.3) is 0 Å². The highest BCUT2D eigenvalue weighted by Crippen LogP contribution is 2.29. The Hall–Kier alpha value is -1.68. The summed E-state index contributed by atoms with van der Waals surface area (Å²) in [6.45, 7) is 10.4. The van der Waals surface area contributed by atoms with Gasteiger partial charge in [0.2, 0.25) is 5.89 Å². The SMILES string of the molecule is Cc1ccc(Cc2noc([C@@H](N)C(C)(C)C)n2)cc1C. The summed E-state index contributed by atoms with van der Waals surface area (Å²) in [5.41, 5.74) is 9.78. The Labute approximate surface area is 120 Å². The fourth-order valence-corrected chi connectivity index (χ4v) is 1.93. The van der Waals surface area contributed by atoms with Gasteiger partial charge in [0.1, 0.15) is 0 Å². The van der Waals surface area contributed by atoms with Gasteiger partial charge in [0.15, 0.2) is 5.82 Å². The van der Waals surface area contributed by atoms with Crippen LogP contribution in [0.25, 0.3) is 0 Å². The molecule has 4 heteroatoms. The van der Waals surface area contributed by atoms with Gasteiger partial charge in [-0.15, -0.1) is 0 Å². The Morgan fingerprint density at radius 3 is 2.50 bits per heavy atom. The highest BCUT2D eigenvalue weighted by molar-refractivity contribution is 5.31. The largest absolute Gasteiger partial charge is 0.338 e. The monoisotopic (exact) mass is 273 g/mol. The van der Waals surface area contributed by atoms with Gasteiger partial charge in [-0.3, -0.25) is 0 Å². The van der Waals surface area contributed by atoms with Crippen molar-refractivity contribution in [1.82, 2.24) is 10.1 Å². The van der Waals surface area contributed by atoms with Crippen LogP contribution in [0.3, 0.4) is 0 Å². The van der Waals surface area contributed by atoms with E-state index in [4.69, 9.17) is 10.3 Å². The molecule has 2 aromatic rings. The molecule has 0 spiro atoms. The molecular weight excluding hydrogens is 250 g/mol. The minimum absolute atomic E-state index is 0.0930. The summed E-state index contributed by atoms with van der Waals surface area (Å²) < 4.78 is 5.29. The average Bonchev–Trinajstić information content (AvgIpc) is 2.80. The van der Waals surface area contributed by atoms with E-state index >= 15 is 0 Å². The van der Waals surface area contributed by atoms with E-state index < -0.39 is 0 Å². The van der Waals surface area contributed by atoms with E-state index in [-0.39, 0.29) is 11.5 Å². The van der Waals surface area contributed by atoms with Crippen molar-refractivity contribution in [3.05, 3.63) is 46.6 Å². The minimum Gasteiger partial charge on any atom is -0.338 e. The van der Waals surface area contributed by atoms with Crippen LogP contribution < -0.4 is 5.73 Å². The van der Waals surface area contributed by atoms with Crippen molar-refractivity contribution in [3.8, 4) is 0 Å². The maximum atomic E-state index is 6.13. The normalized spacial score (nSPS) is 13.5. The van der Waals surface area contributed by atoms with Crippen molar-refractivity contribution in [1.29, 1.82) is 0 Å². The van der Waals surface area contributed by atoms with Crippen LogP contribution in [0.5, 0.6) is 0 Å². The third-order valence-electron chi connectivity index (χ3n) is 3.62. The summed E-state index contributed by atoms with van der Waals surface area (Å²) in [6, 6.07) is 6.13.